The Hall–Kier alpha value is -2.21. The van der Waals surface area contributed by atoms with Gasteiger partial charge in [-0.15, -0.1) is 0 Å². The van der Waals surface area contributed by atoms with Gasteiger partial charge in [-0.25, -0.2) is 0 Å². The van der Waals surface area contributed by atoms with E-state index in [9.17, 15) is 0 Å². The maximum absolute atomic E-state index is 6.13. The number of hydrogen-bond acceptors (Lipinski definition) is 3. The van der Waals surface area contributed by atoms with Gasteiger partial charge in [0.25, 0.3) is 0 Å². The van der Waals surface area contributed by atoms with E-state index in [1.54, 1.807) is 6.20 Å². The molecule has 3 rings (SSSR count). The van der Waals surface area contributed by atoms with Crippen molar-refractivity contribution in [2.45, 2.75) is 13.0 Å². The van der Waals surface area contributed by atoms with E-state index in [0.29, 0.717) is 5.96 Å². The molecule has 1 aliphatic heterocycles. The van der Waals surface area contributed by atoms with Crippen molar-refractivity contribution in [1.82, 2.24) is 14.7 Å². The lowest BCUT2D eigenvalue weighted by atomic mass is 10.2. The second kappa shape index (κ2) is 8.06. The smallest absolute Gasteiger partial charge is 0.191 e. The van der Waals surface area contributed by atoms with Gasteiger partial charge in [-0.05, 0) is 36.8 Å². The highest BCUT2D eigenvalue weighted by molar-refractivity contribution is 6.30. The molecule has 0 saturated carbocycles. The van der Waals surface area contributed by atoms with E-state index < -0.39 is 0 Å². The van der Waals surface area contributed by atoms with Crippen LogP contribution in [0.2, 0.25) is 5.02 Å². The van der Waals surface area contributed by atoms with Crippen LogP contribution in [-0.2, 0) is 6.54 Å². The average molecular weight is 347 g/mol. The number of rotatable bonds is 5. The Morgan fingerprint density at radius 2 is 1.92 bits per heavy atom. The zero-order chi connectivity index (χ0) is 16.8. The fourth-order valence-electron chi connectivity index (χ4n) is 2.80. The molecular formula is C17H23ClN6. The number of aromatic nitrogens is 2. The molecule has 6 nitrogen and oxygen atoms in total. The minimum atomic E-state index is 0.645. The molecule has 0 amide bonds. The molecule has 1 aromatic heterocycles. The van der Waals surface area contributed by atoms with Crippen LogP contribution in [0.15, 0.2) is 47.7 Å². The van der Waals surface area contributed by atoms with Crippen LogP contribution >= 0.6 is 11.6 Å². The molecule has 0 aliphatic carbocycles. The molecule has 24 heavy (non-hydrogen) atoms. The number of anilines is 1. The number of nitrogens with two attached hydrogens (primary N) is 1. The summed E-state index contributed by atoms with van der Waals surface area (Å²) in [6.45, 7) is 5.24. The number of aryl methyl sites for hydroxylation is 1. The van der Waals surface area contributed by atoms with Crippen molar-refractivity contribution < 1.29 is 0 Å². The lowest BCUT2D eigenvalue weighted by Gasteiger charge is -2.36. The number of piperazine rings is 1. The van der Waals surface area contributed by atoms with Gasteiger partial charge in [-0.3, -0.25) is 9.67 Å². The van der Waals surface area contributed by atoms with Crippen molar-refractivity contribution in [1.29, 1.82) is 0 Å². The molecular weight excluding hydrogens is 324 g/mol. The second-order valence-corrected chi connectivity index (χ2v) is 6.25. The molecule has 2 heterocycles. The summed E-state index contributed by atoms with van der Waals surface area (Å²) in [5.41, 5.74) is 7.33. The predicted molar refractivity (Wildman–Crippen MR) is 98.6 cm³/mol. The summed E-state index contributed by atoms with van der Waals surface area (Å²) in [5.74, 6) is 0.645. The largest absolute Gasteiger partial charge is 0.370 e. The first-order chi connectivity index (χ1) is 11.7. The van der Waals surface area contributed by atoms with Crippen LogP contribution in [0.1, 0.15) is 6.42 Å². The minimum Gasteiger partial charge on any atom is -0.370 e. The van der Waals surface area contributed by atoms with Crippen molar-refractivity contribution in [3.63, 3.8) is 0 Å². The van der Waals surface area contributed by atoms with Crippen molar-refractivity contribution in [3.8, 4) is 0 Å². The first-order valence-electron chi connectivity index (χ1n) is 8.25. The van der Waals surface area contributed by atoms with Crippen molar-refractivity contribution in [2.75, 3.05) is 37.6 Å². The third-order valence-corrected chi connectivity index (χ3v) is 4.43. The number of guanidine groups is 1. The molecule has 0 unspecified atom stereocenters. The lowest BCUT2D eigenvalue weighted by Crippen LogP contribution is -2.51. The summed E-state index contributed by atoms with van der Waals surface area (Å²) in [6, 6.07) is 9.91. The zero-order valence-electron chi connectivity index (χ0n) is 13.7. The number of halogens is 1. The molecule has 1 aliphatic rings. The number of benzene rings is 1. The Morgan fingerprint density at radius 3 is 2.58 bits per heavy atom. The summed E-state index contributed by atoms with van der Waals surface area (Å²) in [7, 11) is 0. The summed E-state index contributed by atoms with van der Waals surface area (Å²) >= 11 is 5.94. The zero-order valence-corrected chi connectivity index (χ0v) is 14.4. The SMILES string of the molecule is NC(=NCCCn1cccn1)N1CCN(c2ccc(Cl)cc2)CC1. The molecule has 128 valence electrons. The van der Waals surface area contributed by atoms with Crippen molar-refractivity contribution in [2.24, 2.45) is 10.7 Å². The van der Waals surface area contributed by atoms with Gasteiger partial charge in [0.2, 0.25) is 0 Å². The van der Waals surface area contributed by atoms with Crippen molar-refractivity contribution >= 4 is 23.2 Å². The van der Waals surface area contributed by atoms with E-state index >= 15 is 0 Å². The molecule has 2 N–H and O–H groups in total. The van der Waals surface area contributed by atoms with Crippen LogP contribution in [0.5, 0.6) is 0 Å². The standard InChI is InChI=1S/C17H23ClN6/c18-15-3-5-16(6-4-15)22-11-13-23(14-12-22)17(19)20-7-1-9-24-10-2-8-21-24/h2-6,8,10H,1,7,9,11-14H2,(H2,19,20). The van der Waals surface area contributed by atoms with Gasteiger partial charge < -0.3 is 15.5 Å². The molecule has 0 bridgehead atoms. The van der Waals surface area contributed by atoms with E-state index in [0.717, 1.165) is 50.7 Å². The Balaban J connectivity index is 1.43. The Labute approximate surface area is 147 Å². The number of nitrogens with zero attached hydrogens (tertiary/aromatic N) is 5. The molecule has 0 atom stereocenters. The van der Waals surface area contributed by atoms with Gasteiger partial charge in [-0.2, -0.15) is 5.10 Å². The molecule has 0 spiro atoms. The van der Waals surface area contributed by atoms with Gasteiger partial charge in [0.1, 0.15) is 0 Å². The van der Waals surface area contributed by atoms with Crippen LogP contribution in [0.4, 0.5) is 5.69 Å². The van der Waals surface area contributed by atoms with Gasteiger partial charge in [-0.1, -0.05) is 11.6 Å². The fraction of sp³-hybridized carbons (Fsp3) is 0.412. The molecule has 1 saturated heterocycles. The van der Waals surface area contributed by atoms with Crippen LogP contribution in [-0.4, -0.2) is 53.4 Å². The highest BCUT2D eigenvalue weighted by Crippen LogP contribution is 2.19. The van der Waals surface area contributed by atoms with E-state index in [1.807, 2.05) is 29.1 Å². The van der Waals surface area contributed by atoms with E-state index in [4.69, 9.17) is 17.3 Å². The van der Waals surface area contributed by atoms with Crippen molar-refractivity contribution in [3.05, 3.63) is 47.7 Å². The minimum absolute atomic E-state index is 0.645. The Kier molecular flexibility index (Phi) is 5.59. The van der Waals surface area contributed by atoms with Crippen LogP contribution in [0.3, 0.4) is 0 Å². The van der Waals surface area contributed by atoms with Gasteiger partial charge in [0.05, 0.1) is 0 Å². The van der Waals surface area contributed by atoms with Gasteiger partial charge in [0.15, 0.2) is 5.96 Å². The molecule has 1 aromatic carbocycles. The van der Waals surface area contributed by atoms with Crippen LogP contribution < -0.4 is 10.6 Å². The molecule has 1 fully saturated rings. The van der Waals surface area contributed by atoms with Crippen LogP contribution in [0.25, 0.3) is 0 Å². The normalized spacial score (nSPS) is 15.8. The molecule has 0 radical (unpaired) electrons. The molecule has 2 aromatic rings. The summed E-state index contributed by atoms with van der Waals surface area (Å²) in [5, 5.41) is 4.95. The van der Waals surface area contributed by atoms with Gasteiger partial charge in [0, 0.05) is 62.4 Å². The van der Waals surface area contributed by atoms with Crippen LogP contribution in [0, 0.1) is 0 Å². The maximum Gasteiger partial charge on any atom is 0.191 e. The average Bonchev–Trinajstić information content (AvgIpc) is 3.13. The third kappa shape index (κ3) is 4.41. The first-order valence-corrected chi connectivity index (χ1v) is 8.63. The summed E-state index contributed by atoms with van der Waals surface area (Å²) in [4.78, 5) is 9.00. The van der Waals surface area contributed by atoms with Gasteiger partial charge >= 0.3 is 0 Å². The number of hydrogen-bond donors (Lipinski definition) is 1. The molecule has 7 heteroatoms. The monoisotopic (exact) mass is 346 g/mol. The fourth-order valence-corrected chi connectivity index (χ4v) is 2.93. The Bertz CT molecular complexity index is 644. The highest BCUT2D eigenvalue weighted by Gasteiger charge is 2.18. The number of aliphatic imine (C=N–C) groups is 1. The van der Waals surface area contributed by atoms with E-state index in [1.165, 1.54) is 5.69 Å². The topological polar surface area (TPSA) is 62.7 Å². The summed E-state index contributed by atoms with van der Waals surface area (Å²) < 4.78 is 1.91. The quantitative estimate of drug-likeness (QED) is 0.511. The second-order valence-electron chi connectivity index (χ2n) is 5.81. The lowest BCUT2D eigenvalue weighted by molar-refractivity contribution is 0.380. The van der Waals surface area contributed by atoms with E-state index in [2.05, 4.69) is 32.0 Å². The maximum atomic E-state index is 6.13. The Morgan fingerprint density at radius 1 is 1.17 bits per heavy atom. The highest BCUT2D eigenvalue weighted by atomic mass is 35.5. The van der Waals surface area contributed by atoms with E-state index in [-0.39, 0.29) is 0 Å². The summed E-state index contributed by atoms with van der Waals surface area (Å²) in [6.07, 6.45) is 4.69. The third-order valence-electron chi connectivity index (χ3n) is 4.17. The first kappa shape index (κ1) is 16.6. The predicted octanol–water partition coefficient (Wildman–Crippen LogP) is 2.06.